The summed E-state index contributed by atoms with van der Waals surface area (Å²) in [4.78, 5) is 0. The van der Waals surface area contributed by atoms with Crippen LogP contribution in [0.5, 0.6) is 5.75 Å². The van der Waals surface area contributed by atoms with Crippen molar-refractivity contribution in [2.24, 2.45) is 5.10 Å². The van der Waals surface area contributed by atoms with Gasteiger partial charge in [0.25, 0.3) is 0 Å². The van der Waals surface area contributed by atoms with E-state index in [1.165, 1.54) is 0 Å². The summed E-state index contributed by atoms with van der Waals surface area (Å²) in [6.07, 6.45) is 0. The topological polar surface area (TPSA) is 45.7 Å². The molecule has 0 bridgehead atoms. The van der Waals surface area contributed by atoms with Gasteiger partial charge in [0.1, 0.15) is 5.75 Å². The minimum absolute atomic E-state index is 0.482. The van der Waals surface area contributed by atoms with E-state index in [1.807, 2.05) is 38.1 Å². The maximum Gasteiger partial charge on any atom is 0.187 e. The van der Waals surface area contributed by atoms with E-state index in [9.17, 15) is 0 Å². The van der Waals surface area contributed by atoms with Gasteiger partial charge in [0.05, 0.1) is 12.8 Å². The van der Waals surface area contributed by atoms with E-state index in [0.717, 1.165) is 22.6 Å². The molecule has 0 unspecified atom stereocenters. The number of hydrazone groups is 1. The van der Waals surface area contributed by atoms with E-state index < -0.39 is 0 Å². The molecule has 5 heteroatoms. The van der Waals surface area contributed by atoms with Gasteiger partial charge >= 0.3 is 0 Å². The fourth-order valence-electron chi connectivity index (χ4n) is 1.30. The molecule has 0 aliphatic rings. The van der Waals surface area contributed by atoms with Gasteiger partial charge in [-0.1, -0.05) is 12.2 Å². The van der Waals surface area contributed by atoms with E-state index in [-0.39, 0.29) is 0 Å². The first kappa shape index (κ1) is 15.2. The highest BCUT2D eigenvalue weighted by Gasteiger charge is 1.99. The largest absolute Gasteiger partial charge is 0.497 e. The van der Waals surface area contributed by atoms with Gasteiger partial charge in [-0.2, -0.15) is 5.10 Å². The summed E-state index contributed by atoms with van der Waals surface area (Å²) in [7, 11) is 1.64. The lowest BCUT2D eigenvalue weighted by atomic mass is 10.1. The summed E-state index contributed by atoms with van der Waals surface area (Å²) < 4.78 is 5.11. The van der Waals surface area contributed by atoms with E-state index >= 15 is 0 Å². The number of nitrogens with zero attached hydrogens (tertiary/aromatic N) is 1. The van der Waals surface area contributed by atoms with Crippen molar-refractivity contribution in [3.05, 3.63) is 42.0 Å². The fourth-order valence-corrected chi connectivity index (χ4v) is 1.42. The van der Waals surface area contributed by atoms with Crippen LogP contribution in [0.3, 0.4) is 0 Å². The average molecular weight is 277 g/mol. The maximum atomic E-state index is 5.11. The zero-order valence-corrected chi connectivity index (χ0v) is 12.3. The number of ether oxygens (including phenoxy) is 1. The number of methoxy groups -OCH3 is 1. The first-order valence-corrected chi connectivity index (χ1v) is 6.30. The second kappa shape index (κ2) is 7.53. The third-order valence-electron chi connectivity index (χ3n) is 2.38. The molecule has 1 aromatic carbocycles. The third-order valence-corrected chi connectivity index (χ3v) is 2.62. The molecule has 0 saturated heterocycles. The lowest BCUT2D eigenvalue weighted by Gasteiger charge is -2.08. The Bertz CT molecular complexity index is 480. The second-order valence-corrected chi connectivity index (χ2v) is 4.59. The molecule has 0 amide bonds. The van der Waals surface area contributed by atoms with Crippen LogP contribution in [0.15, 0.2) is 41.5 Å². The average Bonchev–Trinajstić information content (AvgIpc) is 2.42. The molecule has 0 aliphatic carbocycles. The van der Waals surface area contributed by atoms with Gasteiger partial charge in [0.15, 0.2) is 5.11 Å². The molecular weight excluding hydrogens is 258 g/mol. The van der Waals surface area contributed by atoms with Crippen LogP contribution in [-0.4, -0.2) is 24.5 Å². The quantitative estimate of drug-likeness (QED) is 0.376. The van der Waals surface area contributed by atoms with Crippen LogP contribution in [0.2, 0.25) is 0 Å². The van der Waals surface area contributed by atoms with Crippen LogP contribution >= 0.6 is 12.2 Å². The minimum atomic E-state index is 0.482. The molecule has 1 rings (SSSR count). The van der Waals surface area contributed by atoms with Crippen molar-refractivity contribution in [2.75, 3.05) is 13.7 Å². The number of hydrogen-bond donors (Lipinski definition) is 2. The molecule has 0 saturated carbocycles. The molecule has 1 aromatic rings. The highest BCUT2D eigenvalue weighted by molar-refractivity contribution is 7.80. The van der Waals surface area contributed by atoms with Gasteiger partial charge in [0, 0.05) is 6.54 Å². The van der Waals surface area contributed by atoms with Gasteiger partial charge < -0.3 is 10.1 Å². The lowest BCUT2D eigenvalue weighted by Crippen LogP contribution is -2.33. The van der Waals surface area contributed by atoms with Gasteiger partial charge in [-0.25, -0.2) is 0 Å². The fraction of sp³-hybridized carbons (Fsp3) is 0.286. The smallest absolute Gasteiger partial charge is 0.187 e. The Balaban J connectivity index is 2.55. The van der Waals surface area contributed by atoms with Crippen LogP contribution in [0.4, 0.5) is 0 Å². The first-order valence-electron chi connectivity index (χ1n) is 5.90. The summed E-state index contributed by atoms with van der Waals surface area (Å²) in [5.41, 5.74) is 5.67. The van der Waals surface area contributed by atoms with Crippen LogP contribution in [0, 0.1) is 0 Å². The Labute approximate surface area is 119 Å². The molecule has 0 atom stereocenters. The molecule has 4 nitrogen and oxygen atoms in total. The van der Waals surface area contributed by atoms with Gasteiger partial charge in [-0.15, -0.1) is 0 Å². The van der Waals surface area contributed by atoms with E-state index in [0.29, 0.717) is 11.7 Å². The Hall–Kier alpha value is -1.88. The van der Waals surface area contributed by atoms with Gasteiger partial charge in [-0.3, -0.25) is 5.43 Å². The second-order valence-electron chi connectivity index (χ2n) is 4.18. The number of nitrogens with one attached hydrogen (secondary N) is 2. The molecule has 0 radical (unpaired) electrons. The molecule has 0 spiro atoms. The SMILES string of the molecule is C=C(C)CNC(=S)NN=C(C)c1ccc(OC)cc1. The zero-order valence-electron chi connectivity index (χ0n) is 11.5. The Morgan fingerprint density at radius 3 is 2.47 bits per heavy atom. The molecule has 102 valence electrons. The Kier molecular flexibility index (Phi) is 6.02. The summed E-state index contributed by atoms with van der Waals surface area (Å²) in [6, 6.07) is 7.69. The summed E-state index contributed by atoms with van der Waals surface area (Å²) >= 11 is 5.09. The van der Waals surface area contributed by atoms with Crippen LogP contribution in [0.1, 0.15) is 19.4 Å². The van der Waals surface area contributed by atoms with Crippen molar-refractivity contribution in [1.29, 1.82) is 0 Å². The number of benzene rings is 1. The predicted molar refractivity (Wildman–Crippen MR) is 83.8 cm³/mol. The van der Waals surface area contributed by atoms with Gasteiger partial charge in [0.2, 0.25) is 0 Å². The zero-order chi connectivity index (χ0) is 14.3. The number of thiocarbonyl (C=S) groups is 1. The Morgan fingerprint density at radius 2 is 1.95 bits per heavy atom. The van der Waals surface area contributed by atoms with Crippen molar-refractivity contribution in [1.82, 2.24) is 10.7 Å². The monoisotopic (exact) mass is 277 g/mol. The molecule has 19 heavy (non-hydrogen) atoms. The molecule has 0 heterocycles. The van der Waals surface area contributed by atoms with Gasteiger partial charge in [-0.05, 0) is 55.9 Å². The third kappa shape index (κ3) is 5.52. The number of hydrogen-bond acceptors (Lipinski definition) is 3. The van der Waals surface area contributed by atoms with Crippen LogP contribution in [-0.2, 0) is 0 Å². The normalized spacial score (nSPS) is 10.8. The summed E-state index contributed by atoms with van der Waals surface area (Å²) in [6.45, 7) is 8.28. The lowest BCUT2D eigenvalue weighted by molar-refractivity contribution is 0.415. The molecular formula is C14H19N3OS. The highest BCUT2D eigenvalue weighted by atomic mass is 32.1. The summed E-state index contributed by atoms with van der Waals surface area (Å²) in [5, 5.41) is 7.70. The van der Waals surface area contributed by atoms with E-state index in [1.54, 1.807) is 7.11 Å². The standard InChI is InChI=1S/C14H19N3OS/c1-10(2)9-15-14(19)17-16-11(3)12-5-7-13(18-4)8-6-12/h5-8H,1,9H2,2-4H3,(H2,15,17,19). The summed E-state index contributed by atoms with van der Waals surface area (Å²) in [5.74, 6) is 0.822. The first-order chi connectivity index (χ1) is 9.02. The highest BCUT2D eigenvalue weighted by Crippen LogP contribution is 2.11. The van der Waals surface area contributed by atoms with Crippen LogP contribution in [0.25, 0.3) is 0 Å². The van der Waals surface area contributed by atoms with Crippen molar-refractivity contribution in [2.45, 2.75) is 13.8 Å². The molecule has 0 aliphatic heterocycles. The van der Waals surface area contributed by atoms with Crippen molar-refractivity contribution in [3.8, 4) is 5.75 Å². The molecule has 0 fully saturated rings. The minimum Gasteiger partial charge on any atom is -0.497 e. The predicted octanol–water partition coefficient (Wildman–Crippen LogP) is 2.46. The molecule has 0 aromatic heterocycles. The van der Waals surface area contributed by atoms with Crippen molar-refractivity contribution < 1.29 is 4.74 Å². The van der Waals surface area contributed by atoms with Crippen LogP contribution < -0.4 is 15.5 Å². The maximum absolute atomic E-state index is 5.11. The van der Waals surface area contributed by atoms with Crippen molar-refractivity contribution in [3.63, 3.8) is 0 Å². The van der Waals surface area contributed by atoms with E-state index in [2.05, 4.69) is 22.4 Å². The van der Waals surface area contributed by atoms with E-state index in [4.69, 9.17) is 17.0 Å². The number of rotatable bonds is 5. The van der Waals surface area contributed by atoms with Crippen molar-refractivity contribution >= 4 is 23.0 Å². The Morgan fingerprint density at radius 1 is 1.32 bits per heavy atom. The molecule has 2 N–H and O–H groups in total.